The first kappa shape index (κ1) is 21.5. The average molecular weight is 453 g/mol. The van der Waals surface area contributed by atoms with Crippen LogP contribution in [-0.2, 0) is 20.7 Å². The number of halogens is 2. The zero-order valence-electron chi connectivity index (χ0n) is 16.9. The number of alkyl halides is 2. The highest BCUT2D eigenvalue weighted by Crippen LogP contribution is 2.27. The molecule has 10 nitrogen and oxygen atoms in total. The molecule has 13 heteroatoms. The van der Waals surface area contributed by atoms with E-state index in [1.165, 1.54) is 29.2 Å². The van der Waals surface area contributed by atoms with Crippen LogP contribution in [0.25, 0.3) is 17.0 Å². The van der Waals surface area contributed by atoms with Gasteiger partial charge in [0.05, 0.1) is 30.9 Å². The average Bonchev–Trinajstić information content (AvgIpc) is 3.15. The van der Waals surface area contributed by atoms with Gasteiger partial charge in [0.15, 0.2) is 5.65 Å². The van der Waals surface area contributed by atoms with Crippen molar-refractivity contribution < 1.29 is 21.9 Å². The van der Waals surface area contributed by atoms with Crippen LogP contribution in [0.15, 0.2) is 30.7 Å². The summed E-state index contributed by atoms with van der Waals surface area (Å²) < 4.78 is 59.5. The molecule has 0 amide bonds. The summed E-state index contributed by atoms with van der Waals surface area (Å²) in [7, 11) is -3.32. The summed E-state index contributed by atoms with van der Waals surface area (Å²) in [5.74, 6) is -2.49. The smallest absolute Gasteiger partial charge is 0.288 e. The molecular weight excluding hydrogens is 432 g/mol. The predicted molar refractivity (Wildman–Crippen MR) is 108 cm³/mol. The minimum Gasteiger partial charge on any atom is -0.373 e. The predicted octanol–water partition coefficient (Wildman–Crippen LogP) is 1.05. The number of morpholine rings is 1. The third-order valence-corrected chi connectivity index (χ3v) is 5.45. The number of hydrogen-bond acceptors (Lipinski definition) is 8. The highest BCUT2D eigenvalue weighted by molar-refractivity contribution is 7.88. The van der Waals surface area contributed by atoms with Gasteiger partial charge in [-0.2, -0.15) is 13.9 Å². The molecule has 1 N–H and O–H groups in total. The Morgan fingerprint density at radius 2 is 2.10 bits per heavy atom. The van der Waals surface area contributed by atoms with E-state index in [2.05, 4.69) is 24.8 Å². The molecule has 1 saturated heterocycles. The molecule has 31 heavy (non-hydrogen) atoms. The molecule has 3 aromatic heterocycles. The lowest BCUT2D eigenvalue weighted by atomic mass is 10.2. The summed E-state index contributed by atoms with van der Waals surface area (Å²) in [6.07, 6.45) is 3.65. The van der Waals surface area contributed by atoms with Gasteiger partial charge < -0.3 is 9.64 Å². The van der Waals surface area contributed by atoms with Gasteiger partial charge in [0, 0.05) is 32.6 Å². The topological polar surface area (TPSA) is 115 Å². The van der Waals surface area contributed by atoms with Crippen LogP contribution < -0.4 is 9.62 Å². The van der Waals surface area contributed by atoms with E-state index in [-0.39, 0.29) is 18.3 Å². The third kappa shape index (κ3) is 4.94. The molecule has 0 saturated carbocycles. The van der Waals surface area contributed by atoms with Gasteiger partial charge in [-0.1, -0.05) is 0 Å². The fraction of sp³-hybridized carbons (Fsp3) is 0.444. The largest absolute Gasteiger partial charge is 0.373 e. The molecule has 4 heterocycles. The molecule has 1 fully saturated rings. The maximum Gasteiger partial charge on any atom is 0.288 e. The van der Waals surface area contributed by atoms with E-state index in [0.29, 0.717) is 42.5 Å². The quantitative estimate of drug-likeness (QED) is 0.589. The van der Waals surface area contributed by atoms with Gasteiger partial charge >= 0.3 is 0 Å². The number of nitrogens with zero attached hydrogens (tertiary/aromatic N) is 6. The van der Waals surface area contributed by atoms with E-state index in [1.54, 1.807) is 6.07 Å². The lowest BCUT2D eigenvalue weighted by Gasteiger charge is -2.33. The highest BCUT2D eigenvalue weighted by atomic mass is 32.2. The van der Waals surface area contributed by atoms with Crippen LogP contribution in [-0.4, -0.2) is 71.6 Å². The van der Waals surface area contributed by atoms with Crippen molar-refractivity contribution in [1.82, 2.24) is 29.3 Å². The van der Waals surface area contributed by atoms with E-state index < -0.39 is 15.9 Å². The molecule has 3 aromatic rings. The number of imidazole rings is 1. The molecule has 0 radical (unpaired) electrons. The minimum atomic E-state index is -3.32. The summed E-state index contributed by atoms with van der Waals surface area (Å²) in [4.78, 5) is 14.7. The molecule has 1 unspecified atom stereocenters. The fourth-order valence-corrected chi connectivity index (χ4v) is 3.73. The summed E-state index contributed by atoms with van der Waals surface area (Å²) >= 11 is 0. The molecule has 0 aliphatic carbocycles. The van der Waals surface area contributed by atoms with Crippen LogP contribution >= 0.6 is 0 Å². The Bertz CT molecular complexity index is 1200. The second-order valence-corrected chi connectivity index (χ2v) is 9.17. The molecule has 1 aliphatic heterocycles. The van der Waals surface area contributed by atoms with Crippen LogP contribution in [0.4, 0.5) is 14.6 Å². The third-order valence-electron chi connectivity index (χ3n) is 4.76. The zero-order chi connectivity index (χ0) is 22.2. The van der Waals surface area contributed by atoms with E-state index in [4.69, 9.17) is 4.74 Å². The normalized spacial score (nSPS) is 17.9. The van der Waals surface area contributed by atoms with E-state index in [9.17, 15) is 17.2 Å². The molecular formula is C18H21F2N7O3S. The Hall–Kier alpha value is -2.77. The van der Waals surface area contributed by atoms with Crippen LogP contribution in [0.1, 0.15) is 12.6 Å². The number of anilines is 1. The standard InChI is InChI=1S/C18H21F2N7O3S/c1-18(19,20)15-3-4-16-21-9-14(27(16)25-15)13-7-17(23-11-22-13)26-5-6-30-12(10-26)8-24-31(2,28)29/h3-4,7,9,11-12,24H,5-6,8,10H2,1-2H3. The van der Waals surface area contributed by atoms with Crippen molar-refractivity contribution in [2.75, 3.05) is 37.4 Å². The molecule has 1 aliphatic rings. The van der Waals surface area contributed by atoms with E-state index >= 15 is 0 Å². The molecule has 0 aromatic carbocycles. The Balaban J connectivity index is 1.60. The second kappa shape index (κ2) is 8.05. The van der Waals surface area contributed by atoms with Crippen molar-refractivity contribution in [2.45, 2.75) is 19.0 Å². The first-order valence-corrected chi connectivity index (χ1v) is 11.4. The maximum atomic E-state index is 13.7. The molecule has 4 rings (SSSR count). The highest BCUT2D eigenvalue weighted by Gasteiger charge is 2.27. The van der Waals surface area contributed by atoms with Gasteiger partial charge in [-0.25, -0.2) is 32.6 Å². The van der Waals surface area contributed by atoms with Crippen LogP contribution in [0.5, 0.6) is 0 Å². The molecule has 0 bridgehead atoms. The monoisotopic (exact) mass is 453 g/mol. The first-order valence-electron chi connectivity index (χ1n) is 9.47. The lowest BCUT2D eigenvalue weighted by molar-refractivity contribution is 0.0116. The van der Waals surface area contributed by atoms with Crippen molar-refractivity contribution >= 4 is 21.5 Å². The van der Waals surface area contributed by atoms with Crippen LogP contribution in [0, 0.1) is 0 Å². The van der Waals surface area contributed by atoms with Gasteiger partial charge in [-0.15, -0.1) is 0 Å². The second-order valence-electron chi connectivity index (χ2n) is 7.34. The minimum absolute atomic E-state index is 0.151. The Kier molecular flexibility index (Phi) is 5.58. The number of nitrogens with one attached hydrogen (secondary N) is 1. The zero-order valence-corrected chi connectivity index (χ0v) is 17.7. The lowest BCUT2D eigenvalue weighted by Crippen LogP contribution is -2.47. The Morgan fingerprint density at radius 3 is 2.84 bits per heavy atom. The molecule has 0 spiro atoms. The van der Waals surface area contributed by atoms with Crippen molar-refractivity contribution in [3.8, 4) is 11.4 Å². The van der Waals surface area contributed by atoms with Crippen LogP contribution in [0.3, 0.4) is 0 Å². The number of fused-ring (bicyclic) bond motifs is 1. The van der Waals surface area contributed by atoms with Gasteiger partial charge in [-0.3, -0.25) is 0 Å². The fourth-order valence-electron chi connectivity index (χ4n) is 3.24. The number of ether oxygens (including phenoxy) is 1. The Morgan fingerprint density at radius 1 is 1.29 bits per heavy atom. The van der Waals surface area contributed by atoms with Gasteiger partial charge in [0.1, 0.15) is 23.5 Å². The number of hydrogen-bond donors (Lipinski definition) is 1. The van der Waals surface area contributed by atoms with Crippen molar-refractivity contribution in [3.05, 3.63) is 36.4 Å². The first-order chi connectivity index (χ1) is 14.6. The summed E-state index contributed by atoms with van der Waals surface area (Å²) in [6, 6.07) is 4.44. The number of rotatable bonds is 6. The maximum absolute atomic E-state index is 13.7. The number of aromatic nitrogens is 5. The van der Waals surface area contributed by atoms with Crippen molar-refractivity contribution in [3.63, 3.8) is 0 Å². The van der Waals surface area contributed by atoms with Crippen molar-refractivity contribution in [2.24, 2.45) is 0 Å². The number of sulfonamides is 1. The Labute approximate surface area is 177 Å². The SMILES string of the molecule is CC(F)(F)c1ccc2ncc(-c3cc(N4CCOC(CNS(C)(=O)=O)C4)ncn3)n2n1. The van der Waals surface area contributed by atoms with Gasteiger partial charge in [-0.05, 0) is 12.1 Å². The van der Waals surface area contributed by atoms with Crippen LogP contribution in [0.2, 0.25) is 0 Å². The van der Waals surface area contributed by atoms with E-state index in [0.717, 1.165) is 13.2 Å². The van der Waals surface area contributed by atoms with E-state index in [1.807, 2.05) is 4.90 Å². The van der Waals surface area contributed by atoms with Gasteiger partial charge in [0.25, 0.3) is 5.92 Å². The molecule has 1 atom stereocenters. The summed E-state index contributed by atoms with van der Waals surface area (Å²) in [5, 5.41) is 4.03. The van der Waals surface area contributed by atoms with Crippen molar-refractivity contribution in [1.29, 1.82) is 0 Å². The summed E-state index contributed by atoms with van der Waals surface area (Å²) in [6.45, 7) is 2.33. The summed E-state index contributed by atoms with van der Waals surface area (Å²) in [5.41, 5.74) is 0.969. The van der Waals surface area contributed by atoms with Gasteiger partial charge in [0.2, 0.25) is 10.0 Å². The molecule has 166 valence electrons.